The van der Waals surface area contributed by atoms with Crippen LogP contribution in [0.4, 0.5) is 0 Å². The van der Waals surface area contributed by atoms with Crippen LogP contribution < -0.4 is 4.74 Å². The van der Waals surface area contributed by atoms with Crippen molar-refractivity contribution in [2.75, 3.05) is 37.8 Å². The van der Waals surface area contributed by atoms with Crippen molar-refractivity contribution in [2.24, 2.45) is 5.92 Å². The number of nitrogens with zero attached hydrogens (tertiary/aromatic N) is 1. The summed E-state index contributed by atoms with van der Waals surface area (Å²) in [5.41, 5.74) is 0. The third-order valence-corrected chi connectivity index (χ3v) is 9.89. The molecule has 2 fully saturated rings. The van der Waals surface area contributed by atoms with Crippen LogP contribution >= 0.6 is 0 Å². The molecule has 0 spiro atoms. The summed E-state index contributed by atoms with van der Waals surface area (Å²) in [5, 5.41) is -1.03. The predicted molar refractivity (Wildman–Crippen MR) is 112 cm³/mol. The van der Waals surface area contributed by atoms with Crippen molar-refractivity contribution in [2.45, 2.75) is 42.9 Å². The molecule has 0 N–H and O–H groups in total. The van der Waals surface area contributed by atoms with Gasteiger partial charge in [0, 0.05) is 6.04 Å². The zero-order valence-electron chi connectivity index (χ0n) is 17.3. The van der Waals surface area contributed by atoms with Crippen LogP contribution in [0.2, 0.25) is 0 Å². The van der Waals surface area contributed by atoms with Gasteiger partial charge in [0.05, 0.1) is 40.8 Å². The van der Waals surface area contributed by atoms with E-state index in [0.29, 0.717) is 44.9 Å². The van der Waals surface area contributed by atoms with Crippen LogP contribution in [0.3, 0.4) is 0 Å². The topological polar surface area (TPSA) is 107 Å². The van der Waals surface area contributed by atoms with Gasteiger partial charge in [-0.1, -0.05) is 0 Å². The Kier molecular flexibility index (Phi) is 7.09. The lowest BCUT2D eigenvalue weighted by molar-refractivity contribution is -0.149. The lowest BCUT2D eigenvalue weighted by Gasteiger charge is -2.36. The summed E-state index contributed by atoms with van der Waals surface area (Å²) in [5.74, 6) is -0.466. The van der Waals surface area contributed by atoms with E-state index in [1.165, 1.54) is 12.1 Å². The molecule has 10 heteroatoms. The highest BCUT2D eigenvalue weighted by Crippen LogP contribution is 2.32. The van der Waals surface area contributed by atoms with E-state index in [0.717, 1.165) is 0 Å². The van der Waals surface area contributed by atoms with Crippen molar-refractivity contribution in [1.82, 2.24) is 4.90 Å². The van der Waals surface area contributed by atoms with E-state index in [2.05, 4.69) is 0 Å². The molecule has 2 saturated heterocycles. The van der Waals surface area contributed by atoms with E-state index in [4.69, 9.17) is 9.47 Å². The lowest BCUT2D eigenvalue weighted by Crippen LogP contribution is -2.50. The van der Waals surface area contributed by atoms with Crippen molar-refractivity contribution in [1.29, 1.82) is 0 Å². The number of carbonyl (C=O) groups excluding carboxylic acids is 1. The number of rotatable bonds is 7. The number of ether oxygens (including phenoxy) is 2. The fourth-order valence-electron chi connectivity index (χ4n) is 4.23. The minimum absolute atomic E-state index is 0.0967. The minimum atomic E-state index is -3.85. The van der Waals surface area contributed by atoms with Gasteiger partial charge in [0.1, 0.15) is 5.75 Å². The highest BCUT2D eigenvalue weighted by atomic mass is 32.2. The maximum atomic E-state index is 13.3. The molecule has 1 aromatic rings. The molecule has 0 amide bonds. The SMILES string of the molecule is CCOC(=O)C1CCN(C2CS(=O)(=O)CC2S(=O)(=O)c2ccc(OCC)cc2)CC1. The first-order chi connectivity index (χ1) is 14.2. The van der Waals surface area contributed by atoms with Crippen LogP contribution in [-0.4, -0.2) is 76.8 Å². The summed E-state index contributed by atoms with van der Waals surface area (Å²) in [7, 11) is -7.32. The Morgan fingerprint density at radius 2 is 1.70 bits per heavy atom. The van der Waals surface area contributed by atoms with E-state index in [1.807, 2.05) is 11.8 Å². The van der Waals surface area contributed by atoms with Crippen LogP contribution in [0.25, 0.3) is 0 Å². The number of hydrogen-bond donors (Lipinski definition) is 0. The molecule has 2 aliphatic heterocycles. The maximum Gasteiger partial charge on any atom is 0.309 e. The molecule has 0 bridgehead atoms. The highest BCUT2D eigenvalue weighted by molar-refractivity contribution is 7.96. The Balaban J connectivity index is 1.78. The van der Waals surface area contributed by atoms with Gasteiger partial charge in [-0.2, -0.15) is 0 Å². The summed E-state index contributed by atoms with van der Waals surface area (Å²) >= 11 is 0. The summed E-state index contributed by atoms with van der Waals surface area (Å²) in [4.78, 5) is 14.0. The third kappa shape index (κ3) is 4.97. The standard InChI is InChI=1S/C20H29NO7S2/c1-3-27-16-5-7-17(8-6-16)30(25,26)19-14-29(23,24)13-18(19)21-11-9-15(10-12-21)20(22)28-4-2/h5-8,15,18-19H,3-4,9-14H2,1-2H3. The molecule has 0 aliphatic carbocycles. The first-order valence-corrected chi connectivity index (χ1v) is 13.6. The average Bonchev–Trinajstić information content (AvgIpc) is 3.05. The van der Waals surface area contributed by atoms with Gasteiger partial charge in [0.15, 0.2) is 19.7 Å². The number of carbonyl (C=O) groups is 1. The average molecular weight is 460 g/mol. The molecule has 0 radical (unpaired) electrons. The van der Waals surface area contributed by atoms with Crippen molar-refractivity contribution >= 4 is 25.6 Å². The zero-order valence-corrected chi connectivity index (χ0v) is 19.0. The molecule has 1 aromatic carbocycles. The second kappa shape index (κ2) is 9.23. The molecular weight excluding hydrogens is 430 g/mol. The predicted octanol–water partition coefficient (Wildman–Crippen LogP) is 1.30. The van der Waals surface area contributed by atoms with Crippen molar-refractivity contribution < 1.29 is 31.1 Å². The second-order valence-corrected chi connectivity index (χ2v) is 12.0. The second-order valence-electron chi connectivity index (χ2n) is 7.69. The van der Waals surface area contributed by atoms with Gasteiger partial charge in [-0.3, -0.25) is 9.69 Å². The molecule has 3 rings (SSSR count). The zero-order chi connectivity index (χ0) is 21.9. The first kappa shape index (κ1) is 23.0. The van der Waals surface area contributed by atoms with Crippen LogP contribution in [-0.2, 0) is 29.2 Å². The van der Waals surface area contributed by atoms with E-state index in [1.54, 1.807) is 19.1 Å². The molecule has 30 heavy (non-hydrogen) atoms. The van der Waals surface area contributed by atoms with Crippen LogP contribution in [0.5, 0.6) is 5.75 Å². The Morgan fingerprint density at radius 1 is 1.07 bits per heavy atom. The van der Waals surface area contributed by atoms with Crippen LogP contribution in [0.15, 0.2) is 29.2 Å². The third-order valence-electron chi connectivity index (χ3n) is 5.75. The molecule has 8 nitrogen and oxygen atoms in total. The molecular formula is C20H29NO7S2. The number of likely N-dealkylation sites (tertiary alicyclic amines) is 1. The quantitative estimate of drug-likeness (QED) is 0.562. The number of benzene rings is 1. The molecule has 2 atom stereocenters. The molecule has 2 heterocycles. The van der Waals surface area contributed by atoms with Gasteiger partial charge in [-0.05, 0) is 64.0 Å². The fraction of sp³-hybridized carbons (Fsp3) is 0.650. The molecule has 0 saturated carbocycles. The van der Waals surface area contributed by atoms with Crippen LogP contribution in [0.1, 0.15) is 26.7 Å². The largest absolute Gasteiger partial charge is 0.494 e. The first-order valence-electron chi connectivity index (χ1n) is 10.3. The van der Waals surface area contributed by atoms with E-state index in [-0.39, 0.29) is 28.3 Å². The van der Waals surface area contributed by atoms with E-state index >= 15 is 0 Å². The molecule has 168 valence electrons. The Morgan fingerprint density at radius 3 is 2.27 bits per heavy atom. The van der Waals surface area contributed by atoms with Crippen molar-refractivity contribution in [3.63, 3.8) is 0 Å². The number of piperidine rings is 1. The Bertz CT molecular complexity index is 949. The summed E-state index contributed by atoms with van der Waals surface area (Å²) in [6.07, 6.45) is 1.07. The van der Waals surface area contributed by atoms with Gasteiger partial charge in [-0.15, -0.1) is 0 Å². The lowest BCUT2D eigenvalue weighted by atomic mass is 9.95. The maximum absolute atomic E-state index is 13.3. The van der Waals surface area contributed by atoms with Crippen molar-refractivity contribution in [3.05, 3.63) is 24.3 Å². The Labute approximate surface area is 178 Å². The minimum Gasteiger partial charge on any atom is -0.494 e. The van der Waals surface area contributed by atoms with Gasteiger partial charge in [-0.25, -0.2) is 16.8 Å². The summed E-state index contributed by atoms with van der Waals surface area (Å²) in [6.45, 7) is 5.33. The summed E-state index contributed by atoms with van der Waals surface area (Å²) < 4.78 is 61.8. The van der Waals surface area contributed by atoms with Crippen molar-refractivity contribution in [3.8, 4) is 5.75 Å². The van der Waals surface area contributed by atoms with Crippen LogP contribution in [0, 0.1) is 5.92 Å². The Hall–Kier alpha value is -1.65. The van der Waals surface area contributed by atoms with E-state index < -0.39 is 31.0 Å². The smallest absolute Gasteiger partial charge is 0.309 e. The normalized spacial score (nSPS) is 25.1. The molecule has 0 aromatic heterocycles. The number of sulfone groups is 2. The number of hydrogen-bond acceptors (Lipinski definition) is 8. The van der Waals surface area contributed by atoms with Gasteiger partial charge >= 0.3 is 5.97 Å². The number of esters is 1. The van der Waals surface area contributed by atoms with Gasteiger partial charge in [0.2, 0.25) is 0 Å². The fourth-order valence-corrected chi connectivity index (χ4v) is 9.06. The highest BCUT2D eigenvalue weighted by Gasteiger charge is 2.49. The summed E-state index contributed by atoms with van der Waals surface area (Å²) in [6, 6.07) is 5.49. The monoisotopic (exact) mass is 459 g/mol. The van der Waals surface area contributed by atoms with Gasteiger partial charge in [0.25, 0.3) is 0 Å². The van der Waals surface area contributed by atoms with Gasteiger partial charge < -0.3 is 9.47 Å². The molecule has 2 aliphatic rings. The van der Waals surface area contributed by atoms with E-state index in [9.17, 15) is 21.6 Å². The molecule has 2 unspecified atom stereocenters.